The number of carbonyl (C=O) groups is 2. The van der Waals surface area contributed by atoms with E-state index in [0.29, 0.717) is 37.3 Å². The molecule has 1 aliphatic heterocycles. The maximum atomic E-state index is 12.7. The molecular formula is C22H26N2O3. The summed E-state index contributed by atoms with van der Waals surface area (Å²) < 4.78 is 5.62. The van der Waals surface area contributed by atoms with Gasteiger partial charge in [-0.3, -0.25) is 9.59 Å². The van der Waals surface area contributed by atoms with Crippen molar-refractivity contribution in [1.29, 1.82) is 0 Å². The number of rotatable bonds is 4. The van der Waals surface area contributed by atoms with Gasteiger partial charge in [0.1, 0.15) is 5.75 Å². The van der Waals surface area contributed by atoms with E-state index < -0.39 is 0 Å². The van der Waals surface area contributed by atoms with Gasteiger partial charge in [-0.15, -0.1) is 0 Å². The third kappa shape index (κ3) is 4.67. The molecule has 1 fully saturated rings. The molecule has 0 spiro atoms. The molecule has 5 heteroatoms. The summed E-state index contributed by atoms with van der Waals surface area (Å²) in [5.41, 5.74) is 2.42. The van der Waals surface area contributed by atoms with E-state index in [1.165, 1.54) is 0 Å². The van der Waals surface area contributed by atoms with Crippen LogP contribution in [0, 0.1) is 6.92 Å². The van der Waals surface area contributed by atoms with Gasteiger partial charge in [0.2, 0.25) is 0 Å². The van der Waals surface area contributed by atoms with E-state index in [1.54, 1.807) is 17.0 Å². The summed E-state index contributed by atoms with van der Waals surface area (Å²) in [6.07, 6.45) is 0.102. The molecule has 5 nitrogen and oxygen atoms in total. The second-order valence-electron chi connectivity index (χ2n) is 7.14. The van der Waals surface area contributed by atoms with Gasteiger partial charge in [-0.05, 0) is 57.2 Å². The zero-order valence-electron chi connectivity index (χ0n) is 16.1. The third-order valence-corrected chi connectivity index (χ3v) is 4.59. The fourth-order valence-corrected chi connectivity index (χ4v) is 3.20. The molecule has 1 heterocycles. The van der Waals surface area contributed by atoms with Gasteiger partial charge in [-0.25, -0.2) is 0 Å². The Morgan fingerprint density at radius 1 is 0.852 bits per heavy atom. The Bertz CT molecular complexity index is 807. The number of piperazine rings is 1. The van der Waals surface area contributed by atoms with Crippen molar-refractivity contribution in [3.63, 3.8) is 0 Å². The monoisotopic (exact) mass is 366 g/mol. The van der Waals surface area contributed by atoms with Gasteiger partial charge in [0.15, 0.2) is 0 Å². The first-order chi connectivity index (χ1) is 12.9. The van der Waals surface area contributed by atoms with Crippen LogP contribution in [0.25, 0.3) is 0 Å². The van der Waals surface area contributed by atoms with E-state index in [2.05, 4.69) is 0 Å². The van der Waals surface area contributed by atoms with E-state index >= 15 is 0 Å². The minimum absolute atomic E-state index is 0.00579. The minimum atomic E-state index is -0.00579. The number of ether oxygens (including phenoxy) is 1. The Kier molecular flexibility index (Phi) is 5.79. The van der Waals surface area contributed by atoms with Crippen LogP contribution in [0.1, 0.15) is 40.1 Å². The second kappa shape index (κ2) is 8.25. The average molecular weight is 366 g/mol. The maximum Gasteiger partial charge on any atom is 0.253 e. The van der Waals surface area contributed by atoms with Crippen molar-refractivity contribution in [3.8, 4) is 5.75 Å². The molecule has 3 rings (SSSR count). The van der Waals surface area contributed by atoms with E-state index in [0.717, 1.165) is 11.3 Å². The van der Waals surface area contributed by atoms with Gasteiger partial charge in [0.05, 0.1) is 6.10 Å². The summed E-state index contributed by atoms with van der Waals surface area (Å²) in [6.45, 7) is 8.10. The van der Waals surface area contributed by atoms with Crippen LogP contribution >= 0.6 is 0 Å². The smallest absolute Gasteiger partial charge is 0.253 e. The predicted molar refractivity (Wildman–Crippen MR) is 105 cm³/mol. The molecular weight excluding hydrogens is 340 g/mol. The minimum Gasteiger partial charge on any atom is -0.491 e. The molecule has 27 heavy (non-hydrogen) atoms. The molecule has 2 aromatic rings. The third-order valence-electron chi connectivity index (χ3n) is 4.59. The van der Waals surface area contributed by atoms with Gasteiger partial charge in [0, 0.05) is 37.3 Å². The van der Waals surface area contributed by atoms with Crippen molar-refractivity contribution in [1.82, 2.24) is 9.80 Å². The Labute approximate surface area is 160 Å². The van der Waals surface area contributed by atoms with Crippen molar-refractivity contribution in [2.45, 2.75) is 26.9 Å². The molecule has 0 saturated carbocycles. The largest absolute Gasteiger partial charge is 0.491 e. The van der Waals surface area contributed by atoms with E-state index in [9.17, 15) is 9.59 Å². The lowest BCUT2D eigenvalue weighted by atomic mass is 10.1. The molecule has 142 valence electrons. The molecule has 0 aliphatic carbocycles. The quantitative estimate of drug-likeness (QED) is 0.833. The van der Waals surface area contributed by atoms with Gasteiger partial charge < -0.3 is 14.5 Å². The van der Waals surface area contributed by atoms with E-state index in [1.807, 2.05) is 62.1 Å². The number of hydrogen-bond acceptors (Lipinski definition) is 3. The molecule has 0 bridgehead atoms. The summed E-state index contributed by atoms with van der Waals surface area (Å²) in [5, 5.41) is 0. The molecule has 2 aromatic carbocycles. The van der Waals surface area contributed by atoms with Crippen LogP contribution in [-0.4, -0.2) is 53.9 Å². The molecule has 0 atom stereocenters. The highest BCUT2D eigenvalue weighted by molar-refractivity contribution is 5.96. The van der Waals surface area contributed by atoms with Crippen LogP contribution in [-0.2, 0) is 0 Å². The van der Waals surface area contributed by atoms with Crippen LogP contribution < -0.4 is 4.74 Å². The first-order valence-corrected chi connectivity index (χ1v) is 9.36. The number of aryl methyl sites for hydroxylation is 1. The molecule has 0 unspecified atom stereocenters. The van der Waals surface area contributed by atoms with E-state index in [4.69, 9.17) is 4.74 Å². The highest BCUT2D eigenvalue weighted by Gasteiger charge is 2.25. The standard InChI is InChI=1S/C22H26N2O3/c1-16(2)27-20-9-7-18(8-10-20)21(25)23-11-13-24(14-12-23)22(26)19-6-4-5-17(3)15-19/h4-10,15-16H,11-14H2,1-3H3. The van der Waals surface area contributed by atoms with Crippen LogP contribution in [0.3, 0.4) is 0 Å². The summed E-state index contributed by atoms with van der Waals surface area (Å²) in [6, 6.07) is 14.9. The Balaban J connectivity index is 1.58. The van der Waals surface area contributed by atoms with E-state index in [-0.39, 0.29) is 17.9 Å². The predicted octanol–water partition coefficient (Wildman–Crippen LogP) is 3.38. The molecule has 1 saturated heterocycles. The van der Waals surface area contributed by atoms with Gasteiger partial charge in [-0.2, -0.15) is 0 Å². The summed E-state index contributed by atoms with van der Waals surface area (Å²) >= 11 is 0. The van der Waals surface area contributed by atoms with Crippen molar-refractivity contribution in [2.75, 3.05) is 26.2 Å². The Morgan fingerprint density at radius 3 is 1.93 bits per heavy atom. The first kappa shape index (κ1) is 19.0. The molecule has 2 amide bonds. The molecule has 0 radical (unpaired) electrons. The lowest BCUT2D eigenvalue weighted by molar-refractivity contribution is 0.0535. The number of nitrogens with zero attached hydrogens (tertiary/aromatic N) is 2. The SMILES string of the molecule is Cc1cccc(C(=O)N2CCN(C(=O)c3ccc(OC(C)C)cc3)CC2)c1. The first-order valence-electron chi connectivity index (χ1n) is 9.36. The van der Waals surface area contributed by atoms with Crippen molar-refractivity contribution in [3.05, 3.63) is 65.2 Å². The highest BCUT2D eigenvalue weighted by Crippen LogP contribution is 2.17. The topological polar surface area (TPSA) is 49.9 Å². The van der Waals surface area contributed by atoms with Gasteiger partial charge >= 0.3 is 0 Å². The fraction of sp³-hybridized carbons (Fsp3) is 0.364. The number of benzene rings is 2. The molecule has 0 aromatic heterocycles. The van der Waals surface area contributed by atoms with Crippen LogP contribution in [0.15, 0.2) is 48.5 Å². The van der Waals surface area contributed by atoms with Gasteiger partial charge in [0.25, 0.3) is 11.8 Å². The summed E-state index contributed by atoms with van der Waals surface area (Å²) in [5.74, 6) is 0.782. The van der Waals surface area contributed by atoms with Crippen molar-refractivity contribution in [2.24, 2.45) is 0 Å². The van der Waals surface area contributed by atoms with Gasteiger partial charge in [-0.1, -0.05) is 17.7 Å². The maximum absolute atomic E-state index is 12.7. The summed E-state index contributed by atoms with van der Waals surface area (Å²) in [4.78, 5) is 29.0. The number of hydrogen-bond donors (Lipinski definition) is 0. The Morgan fingerprint density at radius 2 is 1.41 bits per heavy atom. The van der Waals surface area contributed by atoms with Crippen LogP contribution in [0.5, 0.6) is 5.75 Å². The number of amides is 2. The second-order valence-corrected chi connectivity index (χ2v) is 7.14. The normalized spacial score (nSPS) is 14.4. The van der Waals surface area contributed by atoms with Crippen LogP contribution in [0.4, 0.5) is 0 Å². The molecule has 0 N–H and O–H groups in total. The zero-order chi connectivity index (χ0) is 19.4. The fourth-order valence-electron chi connectivity index (χ4n) is 3.20. The Hall–Kier alpha value is -2.82. The average Bonchev–Trinajstić information content (AvgIpc) is 2.67. The van der Waals surface area contributed by atoms with Crippen LogP contribution in [0.2, 0.25) is 0 Å². The lowest BCUT2D eigenvalue weighted by Crippen LogP contribution is -2.50. The van der Waals surface area contributed by atoms with Crippen molar-refractivity contribution >= 4 is 11.8 Å². The molecule has 1 aliphatic rings. The highest BCUT2D eigenvalue weighted by atomic mass is 16.5. The summed E-state index contributed by atoms with van der Waals surface area (Å²) in [7, 11) is 0. The zero-order valence-corrected chi connectivity index (χ0v) is 16.1. The van der Waals surface area contributed by atoms with Crippen molar-refractivity contribution < 1.29 is 14.3 Å². The lowest BCUT2D eigenvalue weighted by Gasteiger charge is -2.35. The number of carbonyl (C=O) groups excluding carboxylic acids is 2.